The number of rotatable bonds is 5. The molecule has 0 saturated carbocycles. The van der Waals surface area contributed by atoms with E-state index in [1.807, 2.05) is 6.92 Å². The first kappa shape index (κ1) is 13.3. The van der Waals surface area contributed by atoms with Crippen LogP contribution in [0.4, 0.5) is 5.69 Å². The molecule has 1 aromatic rings. The van der Waals surface area contributed by atoms with Gasteiger partial charge in [-0.05, 0) is 24.1 Å². The monoisotopic (exact) mass is 237 g/mol. The highest BCUT2D eigenvalue weighted by molar-refractivity contribution is 5.60. The van der Waals surface area contributed by atoms with Crippen LogP contribution in [0.1, 0.15) is 31.9 Å². The average Bonchev–Trinajstić information content (AvgIpc) is 2.37. The molecule has 0 fully saturated rings. The Bertz CT molecular complexity index is 415. The lowest BCUT2D eigenvalue weighted by Gasteiger charge is -2.27. The minimum absolute atomic E-state index is 0.0368. The van der Waals surface area contributed by atoms with Crippen molar-refractivity contribution in [2.45, 2.75) is 26.4 Å². The van der Waals surface area contributed by atoms with Crippen LogP contribution in [-0.4, -0.2) is 16.3 Å². The molecule has 1 N–H and O–H groups in total. The van der Waals surface area contributed by atoms with E-state index in [0.29, 0.717) is 12.0 Å². The van der Waals surface area contributed by atoms with E-state index in [1.54, 1.807) is 6.92 Å². The zero-order valence-electron chi connectivity index (χ0n) is 9.79. The minimum Gasteiger partial charge on any atom is -0.387 e. The molecule has 0 saturated heterocycles. The first-order valence-corrected chi connectivity index (χ1v) is 5.33. The maximum Gasteiger partial charge on any atom is 0.269 e. The quantitative estimate of drug-likeness (QED) is 0.483. The molecule has 0 aliphatic heterocycles. The molecule has 0 aliphatic rings. The highest BCUT2D eigenvalue weighted by Crippen LogP contribution is 2.35. The summed E-state index contributed by atoms with van der Waals surface area (Å²) < 4.78 is 0. The third kappa shape index (κ3) is 2.68. The largest absolute Gasteiger partial charge is 0.387 e. The van der Waals surface area contributed by atoms with Crippen molar-refractivity contribution in [3.8, 4) is 0 Å². The molecule has 5 heteroatoms. The molecule has 2 atom stereocenters. The molecule has 1 rings (SSSR count). The SMILES string of the molecule is CC[C@](C)(C=O)[C@@H](O)c1ccc([N+](=O)[O-])cc1. The van der Waals surface area contributed by atoms with Gasteiger partial charge < -0.3 is 9.90 Å². The predicted molar refractivity (Wildman–Crippen MR) is 62.5 cm³/mol. The Balaban J connectivity index is 3.01. The molecule has 0 amide bonds. The Morgan fingerprint density at radius 2 is 2.00 bits per heavy atom. The summed E-state index contributed by atoms with van der Waals surface area (Å²) in [5.74, 6) is 0. The van der Waals surface area contributed by atoms with Crippen molar-refractivity contribution in [2.24, 2.45) is 5.41 Å². The van der Waals surface area contributed by atoms with E-state index in [9.17, 15) is 20.0 Å². The van der Waals surface area contributed by atoms with Crippen molar-refractivity contribution < 1.29 is 14.8 Å². The van der Waals surface area contributed by atoms with Crippen LogP contribution < -0.4 is 0 Å². The summed E-state index contributed by atoms with van der Waals surface area (Å²) in [5, 5.41) is 20.5. The summed E-state index contributed by atoms with van der Waals surface area (Å²) in [6.07, 6.45) is 0.263. The maximum absolute atomic E-state index is 11.0. The van der Waals surface area contributed by atoms with Gasteiger partial charge in [0.05, 0.1) is 16.4 Å². The van der Waals surface area contributed by atoms with E-state index in [-0.39, 0.29) is 5.69 Å². The van der Waals surface area contributed by atoms with E-state index < -0.39 is 16.4 Å². The second kappa shape index (κ2) is 5.05. The lowest BCUT2D eigenvalue weighted by atomic mass is 9.80. The summed E-state index contributed by atoms with van der Waals surface area (Å²) in [5.41, 5.74) is -0.395. The van der Waals surface area contributed by atoms with Crippen LogP contribution in [0.2, 0.25) is 0 Å². The Morgan fingerprint density at radius 1 is 1.47 bits per heavy atom. The number of aldehydes is 1. The van der Waals surface area contributed by atoms with Crippen LogP contribution in [0, 0.1) is 15.5 Å². The Labute approximate surface area is 99.2 Å². The number of hydrogen-bond acceptors (Lipinski definition) is 4. The fourth-order valence-electron chi connectivity index (χ4n) is 1.50. The van der Waals surface area contributed by atoms with Crippen LogP contribution in [-0.2, 0) is 4.79 Å². The van der Waals surface area contributed by atoms with Gasteiger partial charge in [0.15, 0.2) is 0 Å². The van der Waals surface area contributed by atoms with Crippen molar-refractivity contribution >= 4 is 12.0 Å². The van der Waals surface area contributed by atoms with Gasteiger partial charge in [0.1, 0.15) is 6.29 Å². The number of hydrogen-bond donors (Lipinski definition) is 1. The van der Waals surface area contributed by atoms with Gasteiger partial charge in [-0.25, -0.2) is 0 Å². The first-order chi connectivity index (χ1) is 7.94. The van der Waals surface area contributed by atoms with Gasteiger partial charge in [-0.2, -0.15) is 0 Å². The van der Waals surface area contributed by atoms with Crippen LogP contribution in [0.3, 0.4) is 0 Å². The standard InChI is InChI=1S/C12H15NO4/c1-3-12(2,8-14)11(15)9-4-6-10(7-5-9)13(16)17/h4-8,11,15H,3H2,1-2H3/t11-,12+/m0/s1. The smallest absolute Gasteiger partial charge is 0.269 e. The number of aliphatic hydroxyl groups excluding tert-OH is 1. The zero-order valence-corrected chi connectivity index (χ0v) is 9.79. The number of aliphatic hydroxyl groups is 1. The van der Waals surface area contributed by atoms with Crippen molar-refractivity contribution in [1.82, 2.24) is 0 Å². The van der Waals surface area contributed by atoms with Gasteiger partial charge in [-0.15, -0.1) is 0 Å². The van der Waals surface area contributed by atoms with Crippen LogP contribution >= 0.6 is 0 Å². The van der Waals surface area contributed by atoms with Crippen molar-refractivity contribution in [3.05, 3.63) is 39.9 Å². The van der Waals surface area contributed by atoms with Crippen molar-refractivity contribution in [1.29, 1.82) is 0 Å². The van der Waals surface area contributed by atoms with Gasteiger partial charge >= 0.3 is 0 Å². The minimum atomic E-state index is -0.953. The Hall–Kier alpha value is -1.75. The molecule has 0 spiro atoms. The highest BCUT2D eigenvalue weighted by Gasteiger charge is 2.32. The summed E-state index contributed by atoms with van der Waals surface area (Å²) in [7, 11) is 0. The van der Waals surface area contributed by atoms with Crippen LogP contribution in [0.5, 0.6) is 0 Å². The van der Waals surface area contributed by atoms with Gasteiger partial charge in [0, 0.05) is 12.1 Å². The van der Waals surface area contributed by atoms with E-state index in [2.05, 4.69) is 0 Å². The number of nitro benzene ring substituents is 1. The van der Waals surface area contributed by atoms with Gasteiger partial charge in [0.2, 0.25) is 0 Å². The highest BCUT2D eigenvalue weighted by atomic mass is 16.6. The lowest BCUT2D eigenvalue weighted by Crippen LogP contribution is -2.26. The molecule has 0 unspecified atom stereocenters. The molecular weight excluding hydrogens is 222 g/mol. The second-order valence-corrected chi connectivity index (χ2v) is 4.23. The number of non-ortho nitro benzene ring substituents is 1. The average molecular weight is 237 g/mol. The molecular formula is C12H15NO4. The molecule has 0 bridgehead atoms. The molecule has 17 heavy (non-hydrogen) atoms. The summed E-state index contributed by atoms with van der Waals surface area (Å²) in [6, 6.07) is 5.58. The number of nitro groups is 1. The number of benzene rings is 1. The molecule has 0 radical (unpaired) electrons. The van der Waals surface area contributed by atoms with Gasteiger partial charge in [0.25, 0.3) is 5.69 Å². The van der Waals surface area contributed by atoms with Crippen LogP contribution in [0.15, 0.2) is 24.3 Å². The maximum atomic E-state index is 11.0. The molecule has 5 nitrogen and oxygen atoms in total. The molecule has 0 aliphatic carbocycles. The normalized spacial score (nSPS) is 15.9. The number of carbonyl (C=O) groups is 1. The molecule has 0 heterocycles. The zero-order chi connectivity index (χ0) is 13.1. The van der Waals surface area contributed by atoms with Crippen molar-refractivity contribution in [2.75, 3.05) is 0 Å². The van der Waals surface area contributed by atoms with E-state index in [4.69, 9.17) is 0 Å². The predicted octanol–water partition coefficient (Wildman–Crippen LogP) is 2.24. The Morgan fingerprint density at radius 3 is 2.35 bits per heavy atom. The van der Waals surface area contributed by atoms with E-state index in [1.165, 1.54) is 24.3 Å². The Kier molecular flexibility index (Phi) is 3.96. The molecule has 1 aromatic carbocycles. The molecule has 0 aromatic heterocycles. The van der Waals surface area contributed by atoms with Gasteiger partial charge in [-0.3, -0.25) is 10.1 Å². The van der Waals surface area contributed by atoms with Gasteiger partial charge in [-0.1, -0.05) is 13.8 Å². The fraction of sp³-hybridized carbons (Fsp3) is 0.417. The third-order valence-corrected chi connectivity index (χ3v) is 3.08. The van der Waals surface area contributed by atoms with Crippen molar-refractivity contribution in [3.63, 3.8) is 0 Å². The van der Waals surface area contributed by atoms with E-state index >= 15 is 0 Å². The summed E-state index contributed by atoms with van der Waals surface area (Å²) >= 11 is 0. The summed E-state index contributed by atoms with van der Waals surface area (Å²) in [6.45, 7) is 3.47. The third-order valence-electron chi connectivity index (χ3n) is 3.08. The number of carbonyl (C=O) groups excluding carboxylic acids is 1. The first-order valence-electron chi connectivity index (χ1n) is 5.33. The molecule has 92 valence electrons. The fourth-order valence-corrected chi connectivity index (χ4v) is 1.50. The second-order valence-electron chi connectivity index (χ2n) is 4.23. The summed E-state index contributed by atoms with van der Waals surface area (Å²) in [4.78, 5) is 21.0. The lowest BCUT2D eigenvalue weighted by molar-refractivity contribution is -0.384. The topological polar surface area (TPSA) is 80.4 Å². The van der Waals surface area contributed by atoms with Crippen LogP contribution in [0.25, 0.3) is 0 Å². The van der Waals surface area contributed by atoms with E-state index in [0.717, 1.165) is 6.29 Å². The number of nitrogens with zero attached hydrogens (tertiary/aromatic N) is 1.